The lowest BCUT2D eigenvalue weighted by Gasteiger charge is -2.14. The zero-order valence-corrected chi connectivity index (χ0v) is 18.8. The lowest BCUT2D eigenvalue weighted by molar-refractivity contribution is -0.386. The highest BCUT2D eigenvalue weighted by molar-refractivity contribution is 6.31. The number of aromatic carboxylic acids is 1. The molecule has 1 aliphatic heterocycles. The number of methoxy groups -OCH3 is 1. The summed E-state index contributed by atoms with van der Waals surface area (Å²) in [6.07, 6.45) is 1.23. The number of nitrogens with zero attached hydrogens (tertiary/aromatic N) is 2. The zero-order valence-electron chi connectivity index (χ0n) is 18.8. The van der Waals surface area contributed by atoms with Gasteiger partial charge in [-0.05, 0) is 47.5 Å². The molecule has 0 aromatic heterocycles. The van der Waals surface area contributed by atoms with Crippen molar-refractivity contribution in [2.45, 2.75) is 6.61 Å². The number of carboxylic acid groups (broad SMARTS) is 1. The number of benzene rings is 3. The van der Waals surface area contributed by atoms with Gasteiger partial charge in [-0.25, -0.2) is 9.80 Å². The van der Waals surface area contributed by atoms with Crippen molar-refractivity contribution in [3.63, 3.8) is 0 Å². The normalized spacial score (nSPS) is 14.0. The van der Waals surface area contributed by atoms with Crippen LogP contribution in [0.3, 0.4) is 0 Å². The van der Waals surface area contributed by atoms with Crippen molar-refractivity contribution in [2.24, 2.45) is 0 Å². The van der Waals surface area contributed by atoms with Crippen LogP contribution in [0.15, 0.2) is 72.3 Å². The van der Waals surface area contributed by atoms with E-state index in [1.54, 1.807) is 36.4 Å². The van der Waals surface area contributed by atoms with Crippen LogP contribution in [0, 0.1) is 10.1 Å². The van der Waals surface area contributed by atoms with E-state index in [2.05, 4.69) is 5.43 Å². The highest BCUT2D eigenvalue weighted by atomic mass is 16.6. The van der Waals surface area contributed by atoms with Crippen molar-refractivity contribution >= 4 is 35.2 Å². The van der Waals surface area contributed by atoms with Gasteiger partial charge in [-0.2, -0.15) is 0 Å². The standard InChI is InChI=1S/C25H19N3O8/c1-35-21-13-16(11-19-23(29)26-27(24(19)30)18-8-3-2-4-9-18)12-20(28(33)34)22(21)36-14-15-6-5-7-17(10-15)25(31)32/h2-13H,14H2,1H3,(H,26,29)(H,31,32). The fraction of sp³-hybridized carbons (Fsp3) is 0.0800. The van der Waals surface area contributed by atoms with Crippen molar-refractivity contribution < 1.29 is 33.9 Å². The number of ether oxygens (including phenoxy) is 2. The second kappa shape index (κ2) is 9.97. The summed E-state index contributed by atoms with van der Waals surface area (Å²) >= 11 is 0. The SMILES string of the molecule is COc1cc(C=C2C(=O)NN(c3ccccc3)C2=O)cc([N+](=O)[O-])c1OCc1cccc(C(=O)O)c1. The Morgan fingerprint density at radius 2 is 1.86 bits per heavy atom. The smallest absolute Gasteiger partial charge is 0.335 e. The molecule has 3 aromatic rings. The molecule has 0 aliphatic carbocycles. The number of anilines is 1. The van der Waals surface area contributed by atoms with Gasteiger partial charge in [0.1, 0.15) is 12.2 Å². The maximum absolute atomic E-state index is 12.8. The lowest BCUT2D eigenvalue weighted by Crippen LogP contribution is -2.35. The second-order valence-corrected chi connectivity index (χ2v) is 7.60. The van der Waals surface area contributed by atoms with Gasteiger partial charge < -0.3 is 14.6 Å². The summed E-state index contributed by atoms with van der Waals surface area (Å²) in [7, 11) is 1.29. The van der Waals surface area contributed by atoms with Gasteiger partial charge >= 0.3 is 11.7 Å². The summed E-state index contributed by atoms with van der Waals surface area (Å²) in [5.74, 6) is -2.58. The van der Waals surface area contributed by atoms with E-state index in [-0.39, 0.29) is 34.8 Å². The Hall–Kier alpha value is -5.19. The molecular weight excluding hydrogens is 470 g/mol. The predicted molar refractivity (Wildman–Crippen MR) is 127 cm³/mol. The number of rotatable bonds is 8. The minimum absolute atomic E-state index is 0.00351. The van der Waals surface area contributed by atoms with Crippen molar-refractivity contribution in [1.82, 2.24) is 5.43 Å². The van der Waals surface area contributed by atoms with Gasteiger partial charge in [-0.15, -0.1) is 0 Å². The number of nitrogens with one attached hydrogen (secondary N) is 1. The molecule has 0 unspecified atom stereocenters. The van der Waals surface area contributed by atoms with Crippen LogP contribution in [0.25, 0.3) is 6.08 Å². The first kappa shape index (κ1) is 24.0. The second-order valence-electron chi connectivity index (χ2n) is 7.60. The summed E-state index contributed by atoms with van der Waals surface area (Å²) < 4.78 is 10.9. The molecule has 36 heavy (non-hydrogen) atoms. The number of nitro groups is 1. The van der Waals surface area contributed by atoms with Crippen LogP contribution in [-0.4, -0.2) is 34.9 Å². The van der Waals surface area contributed by atoms with Crippen LogP contribution in [0.4, 0.5) is 11.4 Å². The number of para-hydroxylation sites is 1. The largest absolute Gasteiger partial charge is 0.493 e. The maximum atomic E-state index is 12.8. The Morgan fingerprint density at radius 1 is 1.11 bits per heavy atom. The highest BCUT2D eigenvalue weighted by Gasteiger charge is 2.34. The van der Waals surface area contributed by atoms with E-state index in [0.717, 1.165) is 11.1 Å². The maximum Gasteiger partial charge on any atom is 0.335 e. The molecule has 1 saturated heterocycles. The summed E-state index contributed by atoms with van der Waals surface area (Å²) in [6, 6.07) is 17.0. The van der Waals surface area contributed by atoms with Crippen LogP contribution < -0.4 is 19.9 Å². The fourth-order valence-electron chi connectivity index (χ4n) is 3.56. The van der Waals surface area contributed by atoms with E-state index < -0.39 is 28.4 Å². The first-order valence-corrected chi connectivity index (χ1v) is 10.5. The number of carboxylic acids is 1. The Morgan fingerprint density at radius 3 is 2.53 bits per heavy atom. The molecule has 0 spiro atoms. The minimum atomic E-state index is -1.12. The molecule has 0 radical (unpaired) electrons. The number of hydrogen-bond donors (Lipinski definition) is 2. The summed E-state index contributed by atoms with van der Waals surface area (Å²) in [5, 5.41) is 22.1. The minimum Gasteiger partial charge on any atom is -0.493 e. The molecule has 0 atom stereocenters. The van der Waals surface area contributed by atoms with Crippen molar-refractivity contribution in [3.05, 3.63) is 99.1 Å². The fourth-order valence-corrected chi connectivity index (χ4v) is 3.56. The summed E-state index contributed by atoms with van der Waals surface area (Å²) in [6.45, 7) is -0.161. The molecule has 0 bridgehead atoms. The van der Waals surface area contributed by atoms with Gasteiger partial charge in [-0.1, -0.05) is 30.3 Å². The molecule has 2 N–H and O–H groups in total. The highest BCUT2D eigenvalue weighted by Crippen LogP contribution is 2.39. The average Bonchev–Trinajstić information content (AvgIpc) is 3.16. The Labute approximate surface area is 204 Å². The number of hydrogen-bond acceptors (Lipinski definition) is 7. The number of amides is 2. The van der Waals surface area contributed by atoms with E-state index in [9.17, 15) is 24.5 Å². The first-order valence-electron chi connectivity index (χ1n) is 10.5. The van der Waals surface area contributed by atoms with E-state index >= 15 is 0 Å². The predicted octanol–water partition coefficient (Wildman–Crippen LogP) is 3.34. The number of hydrazine groups is 1. The molecule has 11 nitrogen and oxygen atoms in total. The van der Waals surface area contributed by atoms with E-state index in [1.165, 1.54) is 37.5 Å². The third-order valence-corrected chi connectivity index (χ3v) is 5.25. The molecule has 11 heteroatoms. The first-order chi connectivity index (χ1) is 17.3. The van der Waals surface area contributed by atoms with Crippen molar-refractivity contribution in [3.8, 4) is 11.5 Å². The van der Waals surface area contributed by atoms with Crippen LogP contribution in [0.2, 0.25) is 0 Å². The van der Waals surface area contributed by atoms with Gasteiger partial charge in [0.15, 0.2) is 5.75 Å². The third kappa shape index (κ3) is 4.85. The molecule has 1 heterocycles. The molecule has 0 saturated carbocycles. The number of nitro benzene ring substituents is 1. The molecule has 2 amide bonds. The van der Waals surface area contributed by atoms with E-state index in [1.807, 2.05) is 0 Å². The van der Waals surface area contributed by atoms with Crippen LogP contribution in [0.1, 0.15) is 21.5 Å². The zero-order chi connectivity index (χ0) is 25.8. The Bertz CT molecular complexity index is 1400. The van der Waals surface area contributed by atoms with E-state index in [4.69, 9.17) is 14.6 Å². The Balaban J connectivity index is 1.66. The number of carbonyl (C=O) groups excluding carboxylic acids is 2. The van der Waals surface area contributed by atoms with Crippen LogP contribution in [0.5, 0.6) is 11.5 Å². The van der Waals surface area contributed by atoms with Crippen molar-refractivity contribution in [2.75, 3.05) is 12.1 Å². The van der Waals surface area contributed by atoms with Gasteiger partial charge in [0, 0.05) is 6.07 Å². The molecule has 4 rings (SSSR count). The third-order valence-electron chi connectivity index (χ3n) is 5.25. The molecule has 1 aliphatic rings. The summed E-state index contributed by atoms with van der Waals surface area (Å²) in [5.41, 5.74) is 2.95. The molecule has 3 aromatic carbocycles. The topological polar surface area (TPSA) is 148 Å². The molecule has 1 fully saturated rings. The summed E-state index contributed by atoms with van der Waals surface area (Å²) in [4.78, 5) is 47.6. The average molecular weight is 489 g/mol. The van der Waals surface area contributed by atoms with Crippen LogP contribution in [-0.2, 0) is 16.2 Å². The lowest BCUT2D eigenvalue weighted by atomic mass is 10.1. The van der Waals surface area contributed by atoms with Gasteiger partial charge in [0.25, 0.3) is 11.8 Å². The van der Waals surface area contributed by atoms with Crippen molar-refractivity contribution in [1.29, 1.82) is 0 Å². The van der Waals surface area contributed by atoms with Crippen LogP contribution >= 0.6 is 0 Å². The monoisotopic (exact) mass is 489 g/mol. The Kier molecular flexibility index (Phi) is 6.63. The van der Waals surface area contributed by atoms with Gasteiger partial charge in [0.2, 0.25) is 5.75 Å². The molecular formula is C25H19N3O8. The van der Waals surface area contributed by atoms with Gasteiger partial charge in [-0.3, -0.25) is 25.1 Å². The van der Waals surface area contributed by atoms with Gasteiger partial charge in [0.05, 0.1) is 23.3 Å². The number of carbonyl (C=O) groups is 3. The molecule has 182 valence electrons. The quantitative estimate of drug-likeness (QED) is 0.212. The van der Waals surface area contributed by atoms with E-state index in [0.29, 0.717) is 11.3 Å².